The fourth-order valence-corrected chi connectivity index (χ4v) is 2.49. The van der Waals surface area contributed by atoms with Gasteiger partial charge in [-0.2, -0.15) is 0 Å². The van der Waals surface area contributed by atoms with Gasteiger partial charge >= 0.3 is 5.97 Å². The van der Waals surface area contributed by atoms with Crippen molar-refractivity contribution in [2.75, 3.05) is 19.8 Å². The Hall–Kier alpha value is -0.950. The molecule has 0 saturated carbocycles. The first-order valence-electron chi connectivity index (χ1n) is 5.98. The highest BCUT2D eigenvalue weighted by molar-refractivity contribution is 7.13. The van der Waals surface area contributed by atoms with Gasteiger partial charge in [0.25, 0.3) is 0 Å². The van der Waals surface area contributed by atoms with Gasteiger partial charge in [0.2, 0.25) is 0 Å². The van der Waals surface area contributed by atoms with Crippen molar-refractivity contribution in [3.63, 3.8) is 0 Å². The fraction of sp³-hybridized carbons (Fsp3) is 0.583. The molecular formula is C12H20N2O3S. The van der Waals surface area contributed by atoms with Crippen molar-refractivity contribution in [2.45, 2.75) is 19.8 Å². The lowest BCUT2D eigenvalue weighted by molar-refractivity contribution is 0.0532. The monoisotopic (exact) mass is 272 g/mol. The molecule has 102 valence electrons. The van der Waals surface area contributed by atoms with Crippen LogP contribution in [0.15, 0.2) is 12.1 Å². The number of carbonyl (C=O) groups excluding carboxylic acids is 1. The third-order valence-electron chi connectivity index (χ3n) is 2.60. The summed E-state index contributed by atoms with van der Waals surface area (Å²) in [6.45, 7) is 3.21. The Labute approximate surface area is 111 Å². The second-order valence-electron chi connectivity index (χ2n) is 3.96. The second-order valence-corrected chi connectivity index (χ2v) is 5.13. The quantitative estimate of drug-likeness (QED) is 0.550. The van der Waals surface area contributed by atoms with Crippen LogP contribution in [0.1, 0.15) is 27.9 Å². The minimum absolute atomic E-state index is 0.253. The molecule has 0 radical (unpaired) electrons. The highest BCUT2D eigenvalue weighted by Crippen LogP contribution is 2.20. The lowest BCUT2D eigenvalue weighted by atomic mass is 10.0. The zero-order valence-corrected chi connectivity index (χ0v) is 11.4. The number of thiophene rings is 1. The summed E-state index contributed by atoms with van der Waals surface area (Å²) >= 11 is 1.46. The minimum atomic E-state index is -0.255. The summed E-state index contributed by atoms with van der Waals surface area (Å²) in [5.41, 5.74) is 5.61. The van der Waals surface area contributed by atoms with E-state index in [2.05, 4.69) is 4.84 Å². The van der Waals surface area contributed by atoms with Crippen LogP contribution in [-0.2, 0) is 16.0 Å². The average molecular weight is 272 g/mol. The van der Waals surface area contributed by atoms with Crippen LogP contribution in [0.4, 0.5) is 0 Å². The number of hydrogen-bond donors (Lipinski definition) is 2. The number of rotatable bonds is 8. The number of hydrogen-bond acceptors (Lipinski definition) is 6. The largest absolute Gasteiger partial charge is 0.462 e. The van der Waals surface area contributed by atoms with E-state index in [1.807, 2.05) is 6.07 Å². The summed E-state index contributed by atoms with van der Waals surface area (Å²) in [6.07, 6.45) is 1.77. The van der Waals surface area contributed by atoms with Crippen LogP contribution < -0.4 is 11.6 Å². The Kier molecular flexibility index (Phi) is 6.89. The van der Waals surface area contributed by atoms with E-state index in [1.165, 1.54) is 11.3 Å². The van der Waals surface area contributed by atoms with Crippen molar-refractivity contribution in [3.05, 3.63) is 21.9 Å². The smallest absolute Gasteiger partial charge is 0.348 e. The first kappa shape index (κ1) is 15.1. The average Bonchev–Trinajstić information content (AvgIpc) is 2.83. The Morgan fingerprint density at radius 3 is 2.89 bits per heavy atom. The first-order chi connectivity index (χ1) is 8.71. The molecule has 5 nitrogen and oxygen atoms in total. The number of esters is 1. The summed E-state index contributed by atoms with van der Waals surface area (Å²) in [7, 11) is 0. The van der Waals surface area contributed by atoms with Crippen LogP contribution in [-0.4, -0.2) is 25.7 Å². The number of aryl methyl sites for hydroxylation is 1. The van der Waals surface area contributed by atoms with Crippen molar-refractivity contribution in [1.29, 1.82) is 0 Å². The highest BCUT2D eigenvalue weighted by atomic mass is 32.1. The van der Waals surface area contributed by atoms with E-state index < -0.39 is 0 Å². The van der Waals surface area contributed by atoms with Crippen molar-refractivity contribution < 1.29 is 14.4 Å². The maximum atomic E-state index is 11.5. The maximum Gasteiger partial charge on any atom is 0.348 e. The molecule has 0 aliphatic rings. The van der Waals surface area contributed by atoms with Crippen molar-refractivity contribution in [3.8, 4) is 0 Å². The van der Waals surface area contributed by atoms with Gasteiger partial charge in [0, 0.05) is 4.88 Å². The topological polar surface area (TPSA) is 87.6 Å². The molecule has 1 aromatic rings. The van der Waals surface area contributed by atoms with Crippen molar-refractivity contribution in [1.82, 2.24) is 0 Å². The summed E-state index contributed by atoms with van der Waals surface area (Å²) in [5.74, 6) is 5.03. The van der Waals surface area contributed by atoms with Gasteiger partial charge in [-0.25, -0.2) is 10.7 Å². The molecule has 0 aliphatic heterocycles. The van der Waals surface area contributed by atoms with E-state index in [0.29, 0.717) is 24.6 Å². The molecule has 0 aromatic carbocycles. The van der Waals surface area contributed by atoms with E-state index in [1.54, 1.807) is 13.0 Å². The minimum Gasteiger partial charge on any atom is -0.462 e. The van der Waals surface area contributed by atoms with E-state index in [4.69, 9.17) is 16.4 Å². The third kappa shape index (κ3) is 4.73. The van der Waals surface area contributed by atoms with Crippen LogP contribution in [0.5, 0.6) is 0 Å². The van der Waals surface area contributed by atoms with Crippen LogP contribution in [0.25, 0.3) is 0 Å². The van der Waals surface area contributed by atoms with Gasteiger partial charge in [0.1, 0.15) is 4.88 Å². The van der Waals surface area contributed by atoms with Crippen LogP contribution >= 0.6 is 11.3 Å². The molecule has 1 unspecified atom stereocenters. The van der Waals surface area contributed by atoms with Gasteiger partial charge < -0.3 is 15.3 Å². The van der Waals surface area contributed by atoms with Gasteiger partial charge in [-0.3, -0.25) is 0 Å². The van der Waals surface area contributed by atoms with Gasteiger partial charge in [-0.05, 0) is 44.4 Å². The molecule has 1 heterocycles. The number of carbonyl (C=O) groups is 1. The molecule has 1 rings (SSSR count). The Morgan fingerprint density at radius 1 is 1.50 bits per heavy atom. The Bertz CT molecular complexity index is 368. The lowest BCUT2D eigenvalue weighted by Crippen LogP contribution is -2.22. The standard InChI is InChI=1S/C12H20N2O3S/c1-2-16-12(15)11-6-5-10(18-11)4-3-9(7-13)8-17-14/h5-6,9H,2-4,7-8,13-14H2,1H3. The molecular weight excluding hydrogens is 252 g/mol. The highest BCUT2D eigenvalue weighted by Gasteiger charge is 2.12. The third-order valence-corrected chi connectivity index (χ3v) is 3.73. The van der Waals surface area contributed by atoms with Crippen LogP contribution in [0.2, 0.25) is 0 Å². The summed E-state index contributed by atoms with van der Waals surface area (Å²) in [5, 5.41) is 0. The Morgan fingerprint density at radius 2 is 2.28 bits per heavy atom. The molecule has 18 heavy (non-hydrogen) atoms. The van der Waals surface area contributed by atoms with E-state index in [-0.39, 0.29) is 11.9 Å². The maximum absolute atomic E-state index is 11.5. The molecule has 4 N–H and O–H groups in total. The fourth-order valence-electron chi connectivity index (χ4n) is 1.58. The molecule has 1 aromatic heterocycles. The second kappa shape index (κ2) is 8.20. The SMILES string of the molecule is CCOC(=O)c1ccc(CCC(CN)CON)s1. The zero-order valence-electron chi connectivity index (χ0n) is 10.6. The number of nitrogens with two attached hydrogens (primary N) is 2. The molecule has 1 atom stereocenters. The van der Waals surface area contributed by atoms with Crippen molar-refractivity contribution >= 4 is 17.3 Å². The van der Waals surface area contributed by atoms with Crippen LogP contribution in [0, 0.1) is 5.92 Å². The van der Waals surface area contributed by atoms with E-state index >= 15 is 0 Å². The molecule has 0 aliphatic carbocycles. The van der Waals surface area contributed by atoms with Gasteiger partial charge in [0.15, 0.2) is 0 Å². The predicted molar refractivity (Wildman–Crippen MR) is 71.3 cm³/mol. The summed E-state index contributed by atoms with van der Waals surface area (Å²) in [4.78, 5) is 17.9. The first-order valence-corrected chi connectivity index (χ1v) is 6.80. The molecule has 0 spiro atoms. The van der Waals surface area contributed by atoms with Gasteiger partial charge in [0.05, 0.1) is 13.2 Å². The molecule has 0 saturated heterocycles. The normalized spacial score (nSPS) is 12.4. The molecule has 0 bridgehead atoms. The summed E-state index contributed by atoms with van der Waals surface area (Å²) in [6, 6.07) is 3.75. The lowest BCUT2D eigenvalue weighted by Gasteiger charge is -2.11. The zero-order chi connectivity index (χ0) is 13.4. The van der Waals surface area contributed by atoms with Crippen molar-refractivity contribution in [2.24, 2.45) is 17.5 Å². The van der Waals surface area contributed by atoms with E-state index in [9.17, 15) is 4.79 Å². The predicted octanol–water partition coefficient (Wildman–Crippen LogP) is 1.32. The molecule has 6 heteroatoms. The van der Waals surface area contributed by atoms with E-state index in [0.717, 1.165) is 17.7 Å². The summed E-state index contributed by atoms with van der Waals surface area (Å²) < 4.78 is 4.94. The van der Waals surface area contributed by atoms with Gasteiger partial charge in [-0.1, -0.05) is 0 Å². The van der Waals surface area contributed by atoms with Gasteiger partial charge in [-0.15, -0.1) is 11.3 Å². The number of ether oxygens (including phenoxy) is 1. The molecule has 0 amide bonds. The van der Waals surface area contributed by atoms with Crippen LogP contribution in [0.3, 0.4) is 0 Å². The molecule has 0 fully saturated rings. The Balaban J connectivity index is 2.46.